The van der Waals surface area contributed by atoms with E-state index in [0.717, 1.165) is 5.56 Å². The molecule has 0 radical (unpaired) electrons. The summed E-state index contributed by atoms with van der Waals surface area (Å²) >= 11 is 3.20. The second kappa shape index (κ2) is 4.98. The van der Waals surface area contributed by atoms with Crippen LogP contribution in [0.1, 0.15) is 11.1 Å². The van der Waals surface area contributed by atoms with Crippen LogP contribution in [0.25, 0.3) is 0 Å². The highest BCUT2D eigenvalue weighted by atomic mass is 79.9. The molecule has 1 aromatic heterocycles. The first-order valence-corrected chi connectivity index (χ1v) is 5.84. The van der Waals surface area contributed by atoms with Crippen LogP contribution in [0.2, 0.25) is 0 Å². The Labute approximate surface area is 107 Å². The number of nitrogens with zero attached hydrogens (tertiary/aromatic N) is 2. The third-order valence-electron chi connectivity index (χ3n) is 2.38. The van der Waals surface area contributed by atoms with Crippen molar-refractivity contribution in [2.24, 2.45) is 0 Å². The average Bonchev–Trinajstić information content (AvgIpc) is 2.35. The van der Waals surface area contributed by atoms with E-state index in [0.29, 0.717) is 16.6 Å². The summed E-state index contributed by atoms with van der Waals surface area (Å²) in [6.07, 6.45) is 1.73. The van der Waals surface area contributed by atoms with Gasteiger partial charge in [0.1, 0.15) is 0 Å². The van der Waals surface area contributed by atoms with Gasteiger partial charge in [0.15, 0.2) is 0 Å². The standard InChI is InChI=1S/C13H9BrN2O/c14-12-5-2-6-16(13(12)17)9-11-4-1-3-10(7-11)8-15/h1-7H,9H2. The van der Waals surface area contributed by atoms with Gasteiger partial charge in [-0.2, -0.15) is 5.26 Å². The first-order valence-electron chi connectivity index (χ1n) is 5.05. The third kappa shape index (κ3) is 2.63. The van der Waals surface area contributed by atoms with Gasteiger partial charge in [0, 0.05) is 6.20 Å². The van der Waals surface area contributed by atoms with Gasteiger partial charge in [-0.1, -0.05) is 12.1 Å². The maximum atomic E-state index is 11.8. The minimum Gasteiger partial charge on any atom is -0.310 e. The molecular weight excluding hydrogens is 280 g/mol. The number of rotatable bonds is 2. The van der Waals surface area contributed by atoms with Crippen molar-refractivity contribution in [3.05, 3.63) is 68.5 Å². The third-order valence-corrected chi connectivity index (χ3v) is 2.99. The lowest BCUT2D eigenvalue weighted by Crippen LogP contribution is -2.20. The van der Waals surface area contributed by atoms with Gasteiger partial charge in [-0.3, -0.25) is 4.79 Å². The lowest BCUT2D eigenvalue weighted by Gasteiger charge is -2.06. The van der Waals surface area contributed by atoms with Crippen molar-refractivity contribution in [2.75, 3.05) is 0 Å². The number of hydrogen-bond donors (Lipinski definition) is 0. The Kier molecular flexibility index (Phi) is 3.40. The van der Waals surface area contributed by atoms with Gasteiger partial charge in [0.2, 0.25) is 0 Å². The molecule has 0 fully saturated rings. The summed E-state index contributed by atoms with van der Waals surface area (Å²) in [4.78, 5) is 11.8. The molecule has 0 aliphatic carbocycles. The molecular formula is C13H9BrN2O. The molecule has 2 rings (SSSR count). The Balaban J connectivity index is 2.35. The quantitative estimate of drug-likeness (QED) is 0.852. The van der Waals surface area contributed by atoms with Crippen molar-refractivity contribution in [2.45, 2.75) is 6.54 Å². The summed E-state index contributed by atoms with van der Waals surface area (Å²) in [5.41, 5.74) is 1.46. The molecule has 0 spiro atoms. The molecule has 1 aromatic carbocycles. The smallest absolute Gasteiger partial charge is 0.265 e. The maximum Gasteiger partial charge on any atom is 0.265 e. The fraction of sp³-hybridized carbons (Fsp3) is 0.0769. The molecule has 1 heterocycles. The molecule has 0 amide bonds. The molecule has 0 saturated carbocycles. The highest BCUT2D eigenvalue weighted by molar-refractivity contribution is 9.10. The van der Waals surface area contributed by atoms with E-state index < -0.39 is 0 Å². The average molecular weight is 289 g/mol. The number of pyridine rings is 1. The Hall–Kier alpha value is -1.86. The minimum absolute atomic E-state index is 0.0742. The number of benzene rings is 1. The summed E-state index contributed by atoms with van der Waals surface area (Å²) in [6.45, 7) is 0.466. The van der Waals surface area contributed by atoms with E-state index in [1.807, 2.05) is 12.1 Å². The Morgan fingerprint density at radius 1 is 1.29 bits per heavy atom. The van der Waals surface area contributed by atoms with Crippen molar-refractivity contribution < 1.29 is 0 Å². The molecule has 0 atom stereocenters. The topological polar surface area (TPSA) is 45.8 Å². The van der Waals surface area contributed by atoms with Crippen LogP contribution < -0.4 is 5.56 Å². The maximum absolute atomic E-state index is 11.8. The van der Waals surface area contributed by atoms with Crippen LogP contribution in [-0.4, -0.2) is 4.57 Å². The zero-order valence-electron chi connectivity index (χ0n) is 8.93. The molecule has 0 saturated heterocycles. The van der Waals surface area contributed by atoms with Crippen molar-refractivity contribution in [1.82, 2.24) is 4.57 Å². The molecule has 0 aliphatic rings. The van der Waals surface area contributed by atoms with Crippen LogP contribution in [0.3, 0.4) is 0 Å². The van der Waals surface area contributed by atoms with Crippen molar-refractivity contribution >= 4 is 15.9 Å². The van der Waals surface area contributed by atoms with Crippen molar-refractivity contribution in [3.63, 3.8) is 0 Å². The highest BCUT2D eigenvalue weighted by Gasteiger charge is 2.01. The summed E-state index contributed by atoms with van der Waals surface area (Å²) in [5.74, 6) is 0. The van der Waals surface area contributed by atoms with Crippen LogP contribution >= 0.6 is 15.9 Å². The molecule has 0 bridgehead atoms. The highest BCUT2D eigenvalue weighted by Crippen LogP contribution is 2.07. The first kappa shape index (κ1) is 11.6. The minimum atomic E-state index is -0.0742. The van der Waals surface area contributed by atoms with E-state index in [9.17, 15) is 4.79 Å². The number of nitriles is 1. The second-order valence-electron chi connectivity index (χ2n) is 3.60. The van der Waals surface area contributed by atoms with E-state index in [1.54, 1.807) is 35.0 Å². The summed E-state index contributed by atoms with van der Waals surface area (Å²) in [6, 6.07) is 12.8. The molecule has 0 unspecified atom stereocenters. The van der Waals surface area contributed by atoms with Gasteiger partial charge in [-0.25, -0.2) is 0 Å². The largest absolute Gasteiger partial charge is 0.310 e. The van der Waals surface area contributed by atoms with Crippen LogP contribution in [0.4, 0.5) is 0 Å². The molecule has 0 aliphatic heterocycles. The molecule has 17 heavy (non-hydrogen) atoms. The SMILES string of the molecule is N#Cc1cccc(Cn2cccc(Br)c2=O)c1. The lowest BCUT2D eigenvalue weighted by atomic mass is 10.1. The van der Waals surface area contributed by atoms with Gasteiger partial charge in [0.25, 0.3) is 5.56 Å². The summed E-state index contributed by atoms with van der Waals surface area (Å²) in [7, 11) is 0. The summed E-state index contributed by atoms with van der Waals surface area (Å²) in [5, 5.41) is 8.80. The van der Waals surface area contributed by atoms with Crippen molar-refractivity contribution in [1.29, 1.82) is 5.26 Å². The van der Waals surface area contributed by atoms with Crippen molar-refractivity contribution in [3.8, 4) is 6.07 Å². The number of hydrogen-bond acceptors (Lipinski definition) is 2. The van der Waals surface area contributed by atoms with Gasteiger partial charge in [-0.15, -0.1) is 0 Å². The fourth-order valence-corrected chi connectivity index (χ4v) is 1.95. The fourth-order valence-electron chi connectivity index (χ4n) is 1.57. The lowest BCUT2D eigenvalue weighted by molar-refractivity contribution is 0.755. The second-order valence-corrected chi connectivity index (χ2v) is 4.46. The van der Waals surface area contributed by atoms with Crippen LogP contribution in [-0.2, 0) is 6.54 Å². The monoisotopic (exact) mass is 288 g/mol. The molecule has 3 nitrogen and oxygen atoms in total. The van der Waals surface area contributed by atoms with Gasteiger partial charge >= 0.3 is 0 Å². The van der Waals surface area contributed by atoms with E-state index in [2.05, 4.69) is 22.0 Å². The zero-order chi connectivity index (χ0) is 12.3. The van der Waals surface area contributed by atoms with E-state index >= 15 is 0 Å². The van der Waals surface area contributed by atoms with Crippen LogP contribution in [0, 0.1) is 11.3 Å². The number of aromatic nitrogens is 1. The molecule has 4 heteroatoms. The van der Waals surface area contributed by atoms with Crippen LogP contribution in [0.5, 0.6) is 0 Å². The summed E-state index contributed by atoms with van der Waals surface area (Å²) < 4.78 is 2.14. The molecule has 84 valence electrons. The van der Waals surface area contributed by atoms with E-state index in [1.165, 1.54) is 0 Å². The van der Waals surface area contributed by atoms with Gasteiger partial charge < -0.3 is 4.57 Å². The molecule has 0 N–H and O–H groups in total. The predicted octanol–water partition coefficient (Wildman–Crippen LogP) is 2.53. The van der Waals surface area contributed by atoms with Gasteiger partial charge in [-0.05, 0) is 45.8 Å². The van der Waals surface area contributed by atoms with E-state index in [4.69, 9.17) is 5.26 Å². The first-order chi connectivity index (χ1) is 8.20. The molecule has 2 aromatic rings. The predicted molar refractivity (Wildman–Crippen MR) is 68.7 cm³/mol. The number of halogens is 1. The van der Waals surface area contributed by atoms with Crippen LogP contribution in [0.15, 0.2) is 51.9 Å². The van der Waals surface area contributed by atoms with Gasteiger partial charge in [0.05, 0.1) is 22.7 Å². The normalized spacial score (nSPS) is 9.88. The van der Waals surface area contributed by atoms with E-state index in [-0.39, 0.29) is 5.56 Å². The Bertz CT molecular complexity index is 640. The Morgan fingerprint density at radius 3 is 2.88 bits per heavy atom. The Morgan fingerprint density at radius 2 is 2.12 bits per heavy atom. The zero-order valence-corrected chi connectivity index (χ0v) is 10.5.